The van der Waals surface area contributed by atoms with Crippen molar-refractivity contribution in [1.82, 2.24) is 25.1 Å². The molecule has 0 saturated heterocycles. The molecule has 0 fully saturated rings. The van der Waals surface area contributed by atoms with E-state index in [1.54, 1.807) is 10.9 Å². The Labute approximate surface area is 112 Å². The van der Waals surface area contributed by atoms with Crippen LogP contribution in [0.3, 0.4) is 0 Å². The zero-order valence-corrected chi connectivity index (χ0v) is 12.0. The first-order chi connectivity index (χ1) is 8.66. The summed E-state index contributed by atoms with van der Waals surface area (Å²) < 4.78 is 6.88. The lowest BCUT2D eigenvalue weighted by atomic mass is 9.97. The first kappa shape index (κ1) is 13.7. The molecular formula is C12H20N6O. The maximum atomic E-state index is 5.96. The van der Waals surface area contributed by atoms with E-state index in [1.807, 2.05) is 34.6 Å². The van der Waals surface area contributed by atoms with Crippen LogP contribution >= 0.6 is 0 Å². The average Bonchev–Trinajstić information content (AvgIpc) is 2.84. The lowest BCUT2D eigenvalue weighted by Crippen LogP contribution is -2.29. The van der Waals surface area contributed by atoms with Crippen molar-refractivity contribution in [1.29, 1.82) is 0 Å². The molecule has 19 heavy (non-hydrogen) atoms. The quantitative estimate of drug-likeness (QED) is 0.894. The minimum atomic E-state index is -0.508. The second-order valence-corrected chi connectivity index (χ2v) is 6.29. The van der Waals surface area contributed by atoms with Crippen LogP contribution in [0.15, 0.2) is 10.7 Å². The summed E-state index contributed by atoms with van der Waals surface area (Å²) in [6.45, 7) is 10.3. The molecule has 0 atom stereocenters. The molecule has 0 aliphatic rings. The van der Waals surface area contributed by atoms with Gasteiger partial charge in [-0.2, -0.15) is 4.98 Å². The van der Waals surface area contributed by atoms with Crippen LogP contribution in [0.1, 0.15) is 52.0 Å². The number of nitrogens with two attached hydrogens (primary N) is 1. The number of aromatic nitrogens is 5. The Morgan fingerprint density at radius 2 is 1.95 bits per heavy atom. The minimum Gasteiger partial charge on any atom is -0.339 e. The highest BCUT2D eigenvalue weighted by Gasteiger charge is 2.22. The van der Waals surface area contributed by atoms with E-state index in [0.717, 1.165) is 5.69 Å². The molecule has 2 aromatic rings. The molecule has 0 spiro atoms. The summed E-state index contributed by atoms with van der Waals surface area (Å²) in [5.41, 5.74) is 6.03. The molecule has 0 saturated carbocycles. The first-order valence-corrected chi connectivity index (χ1v) is 6.19. The van der Waals surface area contributed by atoms with Gasteiger partial charge in [-0.15, -0.1) is 5.10 Å². The lowest BCUT2D eigenvalue weighted by Gasteiger charge is -2.13. The fourth-order valence-electron chi connectivity index (χ4n) is 1.44. The van der Waals surface area contributed by atoms with E-state index in [0.29, 0.717) is 18.3 Å². The van der Waals surface area contributed by atoms with Gasteiger partial charge in [0.2, 0.25) is 5.89 Å². The van der Waals surface area contributed by atoms with Gasteiger partial charge in [0.25, 0.3) is 0 Å². The second kappa shape index (κ2) is 4.41. The molecule has 0 aromatic carbocycles. The van der Waals surface area contributed by atoms with Crippen LogP contribution in [-0.2, 0) is 17.5 Å². The number of hydrogen-bond acceptors (Lipinski definition) is 6. The van der Waals surface area contributed by atoms with Crippen molar-refractivity contribution in [2.45, 2.75) is 52.1 Å². The van der Waals surface area contributed by atoms with Gasteiger partial charge in [0.05, 0.1) is 11.7 Å². The van der Waals surface area contributed by atoms with E-state index < -0.39 is 5.54 Å². The normalized spacial score (nSPS) is 12.9. The third-order valence-corrected chi connectivity index (χ3v) is 2.61. The maximum Gasteiger partial charge on any atom is 0.232 e. The summed E-state index contributed by atoms with van der Waals surface area (Å²) in [5.74, 6) is 1.19. The van der Waals surface area contributed by atoms with Crippen molar-refractivity contribution in [2.75, 3.05) is 0 Å². The topological polar surface area (TPSA) is 95.7 Å². The fourth-order valence-corrected chi connectivity index (χ4v) is 1.44. The highest BCUT2D eigenvalue weighted by atomic mass is 16.5. The molecule has 0 unspecified atom stereocenters. The van der Waals surface area contributed by atoms with Gasteiger partial charge in [-0.25, -0.2) is 4.68 Å². The third kappa shape index (κ3) is 3.17. The molecule has 7 nitrogen and oxygen atoms in total. The van der Waals surface area contributed by atoms with Crippen LogP contribution in [0, 0.1) is 0 Å². The van der Waals surface area contributed by atoms with E-state index >= 15 is 0 Å². The van der Waals surface area contributed by atoms with Crippen LogP contribution < -0.4 is 5.73 Å². The Morgan fingerprint density at radius 3 is 2.42 bits per heavy atom. The monoisotopic (exact) mass is 264 g/mol. The van der Waals surface area contributed by atoms with Crippen LogP contribution in [0.25, 0.3) is 0 Å². The lowest BCUT2D eigenvalue weighted by molar-refractivity contribution is 0.317. The van der Waals surface area contributed by atoms with Crippen LogP contribution in [0.5, 0.6) is 0 Å². The summed E-state index contributed by atoms with van der Waals surface area (Å²) in [6, 6.07) is 0. The number of nitrogens with zero attached hydrogens (tertiary/aromatic N) is 5. The van der Waals surface area contributed by atoms with E-state index in [4.69, 9.17) is 10.3 Å². The van der Waals surface area contributed by atoms with Gasteiger partial charge in [0.15, 0.2) is 5.82 Å². The second-order valence-electron chi connectivity index (χ2n) is 6.29. The molecule has 0 amide bonds. The van der Waals surface area contributed by atoms with Gasteiger partial charge in [0, 0.05) is 5.41 Å². The molecule has 0 aliphatic carbocycles. The van der Waals surface area contributed by atoms with E-state index in [-0.39, 0.29) is 5.41 Å². The number of rotatable bonds is 3. The predicted molar refractivity (Wildman–Crippen MR) is 69.3 cm³/mol. The van der Waals surface area contributed by atoms with Crippen molar-refractivity contribution in [2.24, 2.45) is 5.73 Å². The Kier molecular flexibility index (Phi) is 3.17. The molecule has 2 N–H and O–H groups in total. The van der Waals surface area contributed by atoms with Gasteiger partial charge in [-0.3, -0.25) is 0 Å². The maximum absolute atomic E-state index is 5.96. The van der Waals surface area contributed by atoms with E-state index in [1.165, 1.54) is 0 Å². The van der Waals surface area contributed by atoms with Crippen molar-refractivity contribution in [3.63, 3.8) is 0 Å². The van der Waals surface area contributed by atoms with Gasteiger partial charge in [-0.05, 0) is 13.8 Å². The van der Waals surface area contributed by atoms with Gasteiger partial charge in [-0.1, -0.05) is 31.1 Å². The first-order valence-electron chi connectivity index (χ1n) is 6.19. The Hall–Kier alpha value is -1.76. The van der Waals surface area contributed by atoms with Crippen molar-refractivity contribution in [3.05, 3.63) is 23.6 Å². The Bertz CT molecular complexity index is 507. The molecule has 7 heteroatoms. The minimum absolute atomic E-state index is 0.155. The molecule has 0 bridgehead atoms. The van der Waals surface area contributed by atoms with Crippen molar-refractivity contribution < 1.29 is 4.52 Å². The SMILES string of the molecule is CC(C)(C)c1nc(Cn2cc(C(C)(C)N)nn2)no1. The number of hydrogen-bond donors (Lipinski definition) is 1. The van der Waals surface area contributed by atoms with E-state index in [9.17, 15) is 0 Å². The van der Waals surface area contributed by atoms with E-state index in [2.05, 4.69) is 20.5 Å². The van der Waals surface area contributed by atoms with Crippen LogP contribution in [0.4, 0.5) is 0 Å². The molecule has 2 rings (SSSR count). The molecule has 2 heterocycles. The van der Waals surface area contributed by atoms with Gasteiger partial charge < -0.3 is 10.3 Å². The van der Waals surface area contributed by atoms with Crippen molar-refractivity contribution in [3.8, 4) is 0 Å². The zero-order chi connectivity index (χ0) is 14.3. The van der Waals surface area contributed by atoms with Crippen molar-refractivity contribution >= 4 is 0 Å². The molecule has 104 valence electrons. The molecule has 0 radical (unpaired) electrons. The molecule has 0 aliphatic heterocycles. The summed E-state index contributed by atoms with van der Waals surface area (Å²) in [4.78, 5) is 4.35. The average molecular weight is 264 g/mol. The summed E-state index contributed by atoms with van der Waals surface area (Å²) in [7, 11) is 0. The highest BCUT2D eigenvalue weighted by Crippen LogP contribution is 2.20. The van der Waals surface area contributed by atoms with Gasteiger partial charge >= 0.3 is 0 Å². The summed E-state index contributed by atoms with van der Waals surface area (Å²) in [6.07, 6.45) is 1.80. The smallest absolute Gasteiger partial charge is 0.232 e. The summed E-state index contributed by atoms with van der Waals surface area (Å²) >= 11 is 0. The fraction of sp³-hybridized carbons (Fsp3) is 0.667. The third-order valence-electron chi connectivity index (χ3n) is 2.61. The molecule has 2 aromatic heterocycles. The largest absolute Gasteiger partial charge is 0.339 e. The van der Waals surface area contributed by atoms with Crippen LogP contribution in [0.2, 0.25) is 0 Å². The zero-order valence-electron chi connectivity index (χ0n) is 12.0. The van der Waals surface area contributed by atoms with Gasteiger partial charge in [0.1, 0.15) is 12.2 Å². The highest BCUT2D eigenvalue weighted by molar-refractivity contribution is 5.06. The Morgan fingerprint density at radius 1 is 1.26 bits per heavy atom. The standard InChI is InChI=1S/C12H20N6O/c1-11(2,3)10-14-9(16-19-10)7-18-6-8(15-17-18)12(4,5)13/h6H,7,13H2,1-5H3. The summed E-state index contributed by atoms with van der Waals surface area (Å²) in [5, 5.41) is 12.0. The predicted octanol–water partition coefficient (Wildman–Crippen LogP) is 1.20. The molecular weight excluding hydrogens is 244 g/mol. The Balaban J connectivity index is 2.14. The van der Waals surface area contributed by atoms with Crippen LogP contribution in [-0.4, -0.2) is 25.1 Å².